The zero-order valence-corrected chi connectivity index (χ0v) is 13.6. The summed E-state index contributed by atoms with van der Waals surface area (Å²) in [4.78, 5) is 14.8. The second-order valence-corrected chi connectivity index (χ2v) is 6.09. The van der Waals surface area contributed by atoms with Crippen molar-refractivity contribution in [3.8, 4) is 0 Å². The molecule has 2 N–H and O–H groups in total. The Labute approximate surface area is 133 Å². The number of carbonyl (C=O) groups is 1. The minimum atomic E-state index is -0.00686. The van der Waals surface area contributed by atoms with Gasteiger partial charge in [-0.3, -0.25) is 4.79 Å². The number of nitrogens with one attached hydrogen (secondary N) is 1. The van der Waals surface area contributed by atoms with E-state index in [-0.39, 0.29) is 18.4 Å². The van der Waals surface area contributed by atoms with Crippen LogP contribution in [0.1, 0.15) is 45.4 Å². The third-order valence-electron chi connectivity index (χ3n) is 4.30. The van der Waals surface area contributed by atoms with E-state index in [0.717, 1.165) is 38.0 Å². The molecule has 2 rings (SSSR count). The molecular weight excluding hydrogens is 276 g/mol. The van der Waals surface area contributed by atoms with Crippen LogP contribution in [0, 0.1) is 5.92 Å². The van der Waals surface area contributed by atoms with Crippen LogP contribution in [0.25, 0.3) is 0 Å². The van der Waals surface area contributed by atoms with Crippen LogP contribution in [0.3, 0.4) is 0 Å². The summed E-state index contributed by atoms with van der Waals surface area (Å²) in [5.41, 5.74) is 2.07. The average Bonchev–Trinajstić information content (AvgIpc) is 3.06. The van der Waals surface area contributed by atoms with Crippen molar-refractivity contribution in [2.75, 3.05) is 29.9 Å². The topological polar surface area (TPSA) is 52.6 Å². The molecule has 0 aliphatic carbocycles. The molecule has 0 radical (unpaired) electrons. The summed E-state index contributed by atoms with van der Waals surface area (Å²) in [5.74, 6) is 0.0708. The Morgan fingerprint density at radius 3 is 2.77 bits per heavy atom. The standard InChI is InChI=1S/C18H28N2O2/c1-2-7-15(8-6-13-21)18(22)19-16-9-5-10-17(14-16)20-11-3-4-12-20/h5,9-10,14-15,21H,2-4,6-8,11-13H2,1H3,(H,19,22). The van der Waals surface area contributed by atoms with Gasteiger partial charge in [-0.1, -0.05) is 19.4 Å². The normalized spacial score (nSPS) is 15.8. The molecule has 1 aromatic rings. The molecule has 4 nitrogen and oxygen atoms in total. The predicted octanol–water partition coefficient (Wildman–Crippen LogP) is 3.41. The van der Waals surface area contributed by atoms with Gasteiger partial charge >= 0.3 is 0 Å². The van der Waals surface area contributed by atoms with Crippen molar-refractivity contribution >= 4 is 17.3 Å². The van der Waals surface area contributed by atoms with Crippen LogP contribution in [0.5, 0.6) is 0 Å². The number of aliphatic hydroxyl groups excluding tert-OH is 1. The maximum atomic E-state index is 12.4. The summed E-state index contributed by atoms with van der Waals surface area (Å²) in [6, 6.07) is 8.13. The van der Waals surface area contributed by atoms with Crippen molar-refractivity contribution in [3.63, 3.8) is 0 Å². The summed E-state index contributed by atoms with van der Waals surface area (Å²) in [7, 11) is 0. The van der Waals surface area contributed by atoms with Gasteiger partial charge in [0.25, 0.3) is 0 Å². The molecule has 1 aliphatic heterocycles. The van der Waals surface area contributed by atoms with E-state index >= 15 is 0 Å². The van der Waals surface area contributed by atoms with Crippen molar-refractivity contribution in [2.24, 2.45) is 5.92 Å². The summed E-state index contributed by atoms with van der Waals surface area (Å²) < 4.78 is 0. The monoisotopic (exact) mass is 304 g/mol. The van der Waals surface area contributed by atoms with Gasteiger partial charge in [0.1, 0.15) is 0 Å². The van der Waals surface area contributed by atoms with Crippen molar-refractivity contribution in [3.05, 3.63) is 24.3 Å². The lowest BCUT2D eigenvalue weighted by Crippen LogP contribution is -2.23. The van der Waals surface area contributed by atoms with Crippen molar-refractivity contribution < 1.29 is 9.90 Å². The fourth-order valence-electron chi connectivity index (χ4n) is 3.09. The number of rotatable bonds is 8. The number of hydrogen-bond donors (Lipinski definition) is 2. The molecule has 0 aromatic heterocycles. The third kappa shape index (κ3) is 4.73. The predicted molar refractivity (Wildman–Crippen MR) is 91.2 cm³/mol. The summed E-state index contributed by atoms with van der Waals surface area (Å²) >= 11 is 0. The Morgan fingerprint density at radius 1 is 1.32 bits per heavy atom. The smallest absolute Gasteiger partial charge is 0.227 e. The first-order valence-electron chi connectivity index (χ1n) is 8.51. The first kappa shape index (κ1) is 16.8. The molecule has 1 amide bonds. The number of benzene rings is 1. The number of carbonyl (C=O) groups excluding carboxylic acids is 1. The third-order valence-corrected chi connectivity index (χ3v) is 4.30. The van der Waals surface area contributed by atoms with Crippen LogP contribution < -0.4 is 10.2 Å². The van der Waals surface area contributed by atoms with E-state index in [1.54, 1.807) is 0 Å². The highest BCUT2D eigenvalue weighted by atomic mass is 16.3. The Kier molecular flexibility index (Phi) is 6.72. The first-order valence-corrected chi connectivity index (χ1v) is 8.51. The van der Waals surface area contributed by atoms with E-state index in [1.807, 2.05) is 12.1 Å². The van der Waals surface area contributed by atoms with Crippen LogP contribution in [0.2, 0.25) is 0 Å². The molecule has 0 spiro atoms. The number of amides is 1. The minimum Gasteiger partial charge on any atom is -0.396 e. The lowest BCUT2D eigenvalue weighted by Gasteiger charge is -2.20. The van der Waals surface area contributed by atoms with Crippen LogP contribution in [0.4, 0.5) is 11.4 Å². The molecule has 1 fully saturated rings. The zero-order valence-electron chi connectivity index (χ0n) is 13.6. The zero-order chi connectivity index (χ0) is 15.8. The average molecular weight is 304 g/mol. The molecule has 1 aliphatic rings. The lowest BCUT2D eigenvalue weighted by molar-refractivity contribution is -0.120. The van der Waals surface area contributed by atoms with Gasteiger partial charge in [-0.2, -0.15) is 0 Å². The number of aliphatic hydroxyl groups is 1. The quantitative estimate of drug-likeness (QED) is 0.774. The van der Waals surface area contributed by atoms with E-state index in [2.05, 4.69) is 29.3 Å². The molecule has 0 bridgehead atoms. The van der Waals surface area contributed by atoms with Crippen LogP contribution in [-0.4, -0.2) is 30.7 Å². The molecular formula is C18H28N2O2. The first-order chi connectivity index (χ1) is 10.7. The van der Waals surface area contributed by atoms with Crippen molar-refractivity contribution in [1.82, 2.24) is 0 Å². The summed E-state index contributed by atoms with van der Waals surface area (Å²) in [5, 5.41) is 12.0. The fourth-order valence-corrected chi connectivity index (χ4v) is 3.09. The Morgan fingerprint density at radius 2 is 2.09 bits per heavy atom. The van der Waals surface area contributed by atoms with Crippen molar-refractivity contribution in [1.29, 1.82) is 0 Å². The van der Waals surface area contributed by atoms with Gasteiger partial charge in [0.05, 0.1) is 0 Å². The second kappa shape index (κ2) is 8.79. The molecule has 0 saturated carbocycles. The van der Waals surface area contributed by atoms with Gasteiger partial charge in [0.15, 0.2) is 0 Å². The molecule has 1 atom stereocenters. The van der Waals surface area contributed by atoms with Crippen LogP contribution in [0.15, 0.2) is 24.3 Å². The summed E-state index contributed by atoms with van der Waals surface area (Å²) in [6.07, 6.45) is 5.79. The van der Waals surface area contributed by atoms with Gasteiger partial charge < -0.3 is 15.3 Å². The summed E-state index contributed by atoms with van der Waals surface area (Å²) in [6.45, 7) is 4.45. The molecule has 1 saturated heterocycles. The molecule has 4 heteroatoms. The van der Waals surface area contributed by atoms with Crippen molar-refractivity contribution in [2.45, 2.75) is 45.4 Å². The Balaban J connectivity index is 1.98. The largest absolute Gasteiger partial charge is 0.396 e. The van der Waals surface area contributed by atoms with Gasteiger partial charge in [0.2, 0.25) is 5.91 Å². The molecule has 22 heavy (non-hydrogen) atoms. The van der Waals surface area contributed by atoms with E-state index in [1.165, 1.54) is 18.5 Å². The molecule has 122 valence electrons. The van der Waals surface area contributed by atoms with Gasteiger partial charge in [-0.15, -0.1) is 0 Å². The van der Waals surface area contributed by atoms with E-state index in [9.17, 15) is 4.79 Å². The maximum absolute atomic E-state index is 12.4. The van der Waals surface area contributed by atoms with E-state index in [0.29, 0.717) is 6.42 Å². The van der Waals surface area contributed by atoms with Gasteiger partial charge in [0, 0.05) is 37.0 Å². The number of anilines is 2. The molecule has 1 heterocycles. The Hall–Kier alpha value is -1.55. The molecule has 1 unspecified atom stereocenters. The fraction of sp³-hybridized carbons (Fsp3) is 0.611. The van der Waals surface area contributed by atoms with E-state index in [4.69, 9.17) is 5.11 Å². The van der Waals surface area contributed by atoms with Gasteiger partial charge in [-0.25, -0.2) is 0 Å². The highest BCUT2D eigenvalue weighted by Crippen LogP contribution is 2.24. The van der Waals surface area contributed by atoms with Gasteiger partial charge in [-0.05, 0) is 50.3 Å². The Bertz CT molecular complexity index is 470. The number of hydrogen-bond acceptors (Lipinski definition) is 3. The van der Waals surface area contributed by atoms with E-state index < -0.39 is 0 Å². The lowest BCUT2D eigenvalue weighted by atomic mass is 9.97. The maximum Gasteiger partial charge on any atom is 0.227 e. The SMILES string of the molecule is CCCC(CCCO)C(=O)Nc1cccc(N2CCCC2)c1. The van der Waals surface area contributed by atoms with Crippen LogP contribution >= 0.6 is 0 Å². The van der Waals surface area contributed by atoms with Crippen LogP contribution in [-0.2, 0) is 4.79 Å². The number of nitrogens with zero attached hydrogens (tertiary/aromatic N) is 1. The molecule has 1 aromatic carbocycles. The second-order valence-electron chi connectivity index (χ2n) is 6.09. The minimum absolute atomic E-state index is 0.00686. The highest BCUT2D eigenvalue weighted by molar-refractivity contribution is 5.93. The highest BCUT2D eigenvalue weighted by Gasteiger charge is 2.18.